The van der Waals surface area contributed by atoms with Crippen LogP contribution < -0.4 is 10.1 Å². The number of methoxy groups -OCH3 is 1. The second-order valence-corrected chi connectivity index (χ2v) is 25.7. The summed E-state index contributed by atoms with van der Waals surface area (Å²) in [7, 11) is -0.618. The van der Waals surface area contributed by atoms with E-state index in [0.29, 0.717) is 59.7 Å². The van der Waals surface area contributed by atoms with Crippen LogP contribution >= 0.6 is 23.2 Å². The Bertz CT molecular complexity index is 2410. The number of rotatable bonds is 14. The Kier molecular flexibility index (Phi) is 17.0. The number of hydrogen-bond acceptors (Lipinski definition) is 11. The van der Waals surface area contributed by atoms with Crippen LogP contribution in [-0.2, 0) is 31.8 Å². The predicted molar refractivity (Wildman–Crippen MR) is 264 cm³/mol. The molecule has 18 heteroatoms. The topological polar surface area (TPSA) is 149 Å². The van der Waals surface area contributed by atoms with Gasteiger partial charge < -0.3 is 38.7 Å². The molecule has 5 rings (SSSR count). The summed E-state index contributed by atoms with van der Waals surface area (Å²) in [5, 5.41) is 3.46. The van der Waals surface area contributed by atoms with Crippen LogP contribution in [0.5, 0.6) is 5.88 Å². The lowest BCUT2D eigenvalue weighted by Crippen LogP contribution is -2.49. The van der Waals surface area contributed by atoms with Gasteiger partial charge in [-0.2, -0.15) is 0 Å². The van der Waals surface area contributed by atoms with Crippen molar-refractivity contribution < 1.29 is 37.4 Å². The van der Waals surface area contributed by atoms with E-state index in [1.54, 1.807) is 74.0 Å². The Morgan fingerprint density at radius 3 is 2.09 bits per heavy atom. The Balaban J connectivity index is 1.39. The van der Waals surface area contributed by atoms with Crippen LogP contribution in [0.4, 0.5) is 25.5 Å². The summed E-state index contributed by atoms with van der Waals surface area (Å²) in [6.07, 6.45) is 3.19. The minimum absolute atomic E-state index is 0.00274. The molecule has 1 aromatic carbocycles. The normalized spacial score (nSPS) is 13.8. The molecular weight excluding hydrogens is 917 g/mol. The Morgan fingerprint density at radius 2 is 1.48 bits per heavy atom. The van der Waals surface area contributed by atoms with Gasteiger partial charge in [0.1, 0.15) is 11.2 Å². The molecule has 0 atom stereocenters. The number of pyridine rings is 3. The van der Waals surface area contributed by atoms with Gasteiger partial charge in [0.15, 0.2) is 20.0 Å². The summed E-state index contributed by atoms with van der Waals surface area (Å²) in [5.41, 5.74) is 1.53. The van der Waals surface area contributed by atoms with Crippen LogP contribution in [0, 0.1) is 5.82 Å². The fourth-order valence-corrected chi connectivity index (χ4v) is 8.72. The summed E-state index contributed by atoms with van der Waals surface area (Å²) in [4.78, 5) is 57.7. The number of aromatic nitrogens is 3. The number of carbonyl (C=O) groups excluding carboxylic acids is 3. The van der Waals surface area contributed by atoms with Gasteiger partial charge in [0.2, 0.25) is 11.8 Å². The molecule has 0 bridgehead atoms. The van der Waals surface area contributed by atoms with Crippen molar-refractivity contribution in [1.29, 1.82) is 0 Å². The predicted octanol–water partition coefficient (Wildman–Crippen LogP) is 11.9. The zero-order valence-corrected chi connectivity index (χ0v) is 43.6. The summed E-state index contributed by atoms with van der Waals surface area (Å²) in [5.74, 6) is -0.481. The molecule has 0 radical (unpaired) electrons. The summed E-state index contributed by atoms with van der Waals surface area (Å²) < 4.78 is 40.1. The first kappa shape index (κ1) is 52.9. The molecule has 3 aromatic heterocycles. The second-order valence-electron chi connectivity index (χ2n) is 20.2. The highest BCUT2D eigenvalue weighted by Crippen LogP contribution is 2.41. The maximum Gasteiger partial charge on any atom is 0.410 e. The average Bonchev–Trinajstić information content (AvgIpc) is 3.23. The van der Waals surface area contributed by atoms with Crippen molar-refractivity contribution in [3.63, 3.8) is 0 Å². The van der Waals surface area contributed by atoms with E-state index in [0.717, 1.165) is 0 Å². The van der Waals surface area contributed by atoms with Crippen molar-refractivity contribution >= 4 is 61.1 Å². The molecule has 0 saturated carbocycles. The number of nitrogens with one attached hydrogen (secondary N) is 1. The third kappa shape index (κ3) is 13.8. The number of ether oxygens (including phenoxy) is 3. The molecular formula is C49H66Cl2FN7O7Si. The van der Waals surface area contributed by atoms with Crippen molar-refractivity contribution in [3.05, 3.63) is 81.8 Å². The van der Waals surface area contributed by atoms with Gasteiger partial charge in [0, 0.05) is 67.2 Å². The number of benzene rings is 1. The van der Waals surface area contributed by atoms with Crippen LogP contribution in [-0.4, -0.2) is 107 Å². The Morgan fingerprint density at radius 1 is 0.836 bits per heavy atom. The molecule has 1 saturated heterocycles. The van der Waals surface area contributed by atoms with E-state index in [9.17, 15) is 14.4 Å². The lowest BCUT2D eigenvalue weighted by molar-refractivity contribution is -0.130. The zero-order valence-electron chi connectivity index (χ0n) is 41.1. The fourth-order valence-electron chi connectivity index (χ4n) is 7.11. The molecule has 14 nitrogen and oxygen atoms in total. The highest BCUT2D eigenvalue weighted by Gasteiger charge is 2.38. The van der Waals surface area contributed by atoms with Crippen molar-refractivity contribution in [3.8, 4) is 28.4 Å². The first-order chi connectivity index (χ1) is 31.2. The van der Waals surface area contributed by atoms with Gasteiger partial charge in [-0.15, -0.1) is 0 Å². The number of nitrogens with zero attached hydrogens (tertiary/aromatic N) is 6. The van der Waals surface area contributed by atoms with Gasteiger partial charge in [0.05, 0.1) is 53.9 Å². The first-order valence-electron chi connectivity index (χ1n) is 22.4. The Labute approximate surface area is 406 Å². The number of hydrogen-bond donors (Lipinski definition) is 1. The number of halogens is 3. The maximum atomic E-state index is 16.4. The summed E-state index contributed by atoms with van der Waals surface area (Å²) >= 11 is 14.2. The van der Waals surface area contributed by atoms with E-state index >= 15 is 4.39 Å². The first-order valence-corrected chi connectivity index (χ1v) is 26.1. The molecule has 0 unspecified atom stereocenters. The fraction of sp³-hybridized carbons (Fsp3) is 0.510. The van der Waals surface area contributed by atoms with Gasteiger partial charge in [-0.25, -0.2) is 23.9 Å². The third-order valence-corrected chi connectivity index (χ3v) is 17.1. The number of carbonyl (C=O) groups is 3. The van der Waals surface area contributed by atoms with E-state index in [2.05, 4.69) is 49.1 Å². The molecule has 364 valence electrons. The maximum absolute atomic E-state index is 16.4. The minimum Gasteiger partial charge on any atom is -0.481 e. The quantitative estimate of drug-likeness (QED) is 0.120. The van der Waals surface area contributed by atoms with Gasteiger partial charge in [-0.05, 0) is 103 Å². The average molecular weight is 983 g/mol. The molecule has 4 aromatic rings. The highest BCUT2D eigenvalue weighted by atomic mass is 35.5. The molecule has 67 heavy (non-hydrogen) atoms. The molecule has 1 aliphatic heterocycles. The Hall–Kier alpha value is -5.03. The molecule has 1 fully saturated rings. The lowest BCUT2D eigenvalue weighted by Gasteiger charge is -2.39. The second kappa shape index (κ2) is 21.5. The van der Waals surface area contributed by atoms with Gasteiger partial charge in [-0.1, -0.05) is 56.1 Å². The van der Waals surface area contributed by atoms with Crippen LogP contribution in [0.25, 0.3) is 22.5 Å². The number of amides is 3. The minimum atomic E-state index is -2.13. The molecule has 1 N–H and O–H groups in total. The molecule has 0 aliphatic carbocycles. The largest absolute Gasteiger partial charge is 0.481 e. The van der Waals surface area contributed by atoms with Crippen molar-refractivity contribution in [1.82, 2.24) is 29.7 Å². The van der Waals surface area contributed by atoms with Crippen molar-refractivity contribution in [2.75, 3.05) is 38.7 Å². The van der Waals surface area contributed by atoms with Gasteiger partial charge in [-0.3, -0.25) is 9.78 Å². The van der Waals surface area contributed by atoms with E-state index in [1.807, 2.05) is 26.8 Å². The molecule has 4 heterocycles. The van der Waals surface area contributed by atoms with E-state index in [1.165, 1.54) is 24.3 Å². The smallest absolute Gasteiger partial charge is 0.410 e. The summed E-state index contributed by atoms with van der Waals surface area (Å²) in [6, 6.07) is 11.9. The van der Waals surface area contributed by atoms with E-state index in [-0.39, 0.29) is 70.5 Å². The molecule has 1 aliphatic rings. The standard InChI is InChI=1S/C49H66Cl2FN7O7Si/c1-31(60)57-25-21-34(22-26-57)59(46(62)66-48(5,6)7)30-33-17-18-37(56-44(33)63-11)35-20-24-53-42(40(35)51)36-15-14-16-38(39(36)50)55-43-41(52)32(19-23-54-43)29-58(45(61)65-47(2,3)4)27-28-64-67(12,13)49(8,9)10/h14-20,23-24,34H,21-22,25-30H2,1-13H3,(H,54,55). The van der Waals surface area contributed by atoms with Crippen LogP contribution in [0.2, 0.25) is 28.2 Å². The summed E-state index contributed by atoms with van der Waals surface area (Å²) in [6.45, 7) is 24.6. The lowest BCUT2D eigenvalue weighted by atomic mass is 10.0. The molecule has 3 amide bonds. The van der Waals surface area contributed by atoms with Crippen LogP contribution in [0.15, 0.2) is 54.9 Å². The van der Waals surface area contributed by atoms with E-state index < -0.39 is 37.5 Å². The number of piperidine rings is 1. The van der Waals surface area contributed by atoms with Gasteiger partial charge >= 0.3 is 12.2 Å². The van der Waals surface area contributed by atoms with Crippen molar-refractivity contribution in [2.45, 2.75) is 131 Å². The third-order valence-electron chi connectivity index (χ3n) is 11.7. The highest BCUT2D eigenvalue weighted by molar-refractivity contribution is 6.74. The van der Waals surface area contributed by atoms with Crippen LogP contribution in [0.3, 0.4) is 0 Å². The monoisotopic (exact) mass is 981 g/mol. The number of anilines is 2. The number of likely N-dealkylation sites (tertiary alicyclic amines) is 1. The van der Waals surface area contributed by atoms with Gasteiger partial charge in [0.25, 0.3) is 0 Å². The van der Waals surface area contributed by atoms with Crippen molar-refractivity contribution in [2.24, 2.45) is 0 Å². The SMILES string of the molecule is COc1nc(-c2ccnc(-c3cccc(Nc4nccc(CN(CCO[Si](C)(C)C(C)(C)C)C(=O)OC(C)(C)C)c4F)c3Cl)c2Cl)ccc1CN(C(=O)OC(C)(C)C)C1CCN(C(C)=O)CC1. The zero-order chi connectivity index (χ0) is 49.6. The molecule has 0 spiro atoms. The van der Waals surface area contributed by atoms with E-state index in [4.69, 9.17) is 46.8 Å². The van der Waals surface area contributed by atoms with Crippen LogP contribution in [0.1, 0.15) is 93.2 Å².